The molecule has 5 heteroatoms. The molecule has 2 fully saturated rings. The van der Waals surface area contributed by atoms with Crippen molar-refractivity contribution in [3.63, 3.8) is 0 Å². The molecule has 0 aromatic heterocycles. The fourth-order valence-corrected chi connectivity index (χ4v) is 2.72. The zero-order valence-electron chi connectivity index (χ0n) is 10.4. The molecule has 5 nitrogen and oxygen atoms in total. The van der Waals surface area contributed by atoms with E-state index >= 15 is 0 Å². The smallest absolute Gasteiger partial charge is 0.328 e. The molecule has 0 spiro atoms. The summed E-state index contributed by atoms with van der Waals surface area (Å²) in [4.78, 5) is 27.0. The third-order valence-corrected chi connectivity index (χ3v) is 3.63. The Morgan fingerprint density at radius 2 is 2.00 bits per heavy atom. The van der Waals surface area contributed by atoms with Crippen molar-refractivity contribution in [2.45, 2.75) is 45.1 Å². The van der Waals surface area contributed by atoms with Crippen LogP contribution in [0.1, 0.15) is 39.0 Å². The van der Waals surface area contributed by atoms with Gasteiger partial charge in [-0.2, -0.15) is 0 Å². The van der Waals surface area contributed by atoms with Gasteiger partial charge in [-0.25, -0.2) is 14.5 Å². The van der Waals surface area contributed by atoms with Crippen LogP contribution in [0.3, 0.4) is 0 Å². The van der Waals surface area contributed by atoms with E-state index in [0.717, 1.165) is 12.8 Å². The van der Waals surface area contributed by atoms with Gasteiger partial charge in [0.2, 0.25) is 0 Å². The van der Waals surface area contributed by atoms with E-state index in [4.69, 9.17) is 0 Å². The zero-order valence-corrected chi connectivity index (χ0v) is 10.4. The predicted octanol–water partition coefficient (Wildman–Crippen LogP) is 1.79. The molecular formula is C12H21N3O2. The van der Waals surface area contributed by atoms with Crippen molar-refractivity contribution in [3.8, 4) is 0 Å². The van der Waals surface area contributed by atoms with E-state index in [1.807, 2.05) is 11.8 Å². The molecule has 2 aliphatic rings. The normalized spacial score (nSPS) is 22.1. The molecule has 1 N–H and O–H groups in total. The lowest BCUT2D eigenvalue weighted by molar-refractivity contribution is 0.163. The Morgan fingerprint density at radius 3 is 2.65 bits per heavy atom. The van der Waals surface area contributed by atoms with Gasteiger partial charge in [0.1, 0.15) is 0 Å². The minimum atomic E-state index is -0.254. The van der Waals surface area contributed by atoms with Crippen molar-refractivity contribution < 1.29 is 9.59 Å². The van der Waals surface area contributed by atoms with Crippen molar-refractivity contribution in [1.82, 2.24) is 15.1 Å². The van der Waals surface area contributed by atoms with Crippen LogP contribution in [0.15, 0.2) is 0 Å². The van der Waals surface area contributed by atoms with Gasteiger partial charge < -0.3 is 10.2 Å². The lowest BCUT2D eigenvalue weighted by Crippen LogP contribution is -2.45. The number of rotatable bonds is 2. The number of amides is 4. The Balaban J connectivity index is 1.94. The molecule has 0 unspecified atom stereocenters. The summed E-state index contributed by atoms with van der Waals surface area (Å²) in [5.41, 5.74) is 0. The van der Waals surface area contributed by atoms with E-state index in [1.54, 1.807) is 0 Å². The first-order valence-electron chi connectivity index (χ1n) is 6.60. The standard InChI is InChI=1S/C12H21N3O2/c1-2-13-11(16)15-9-8-14(12(15)17)10-6-4-3-5-7-10/h10H,2-9H2,1H3,(H,13,16). The summed E-state index contributed by atoms with van der Waals surface area (Å²) in [7, 11) is 0. The Kier molecular flexibility index (Phi) is 3.86. The maximum Gasteiger partial charge on any atom is 0.328 e. The van der Waals surface area contributed by atoms with Crippen LogP contribution in [0, 0.1) is 0 Å². The quantitative estimate of drug-likeness (QED) is 0.798. The van der Waals surface area contributed by atoms with Gasteiger partial charge in [-0.15, -0.1) is 0 Å². The summed E-state index contributed by atoms with van der Waals surface area (Å²) >= 11 is 0. The number of hydrogen-bond acceptors (Lipinski definition) is 2. The number of imide groups is 1. The summed E-state index contributed by atoms with van der Waals surface area (Å²) in [6.07, 6.45) is 5.87. The molecule has 1 aliphatic carbocycles. The van der Waals surface area contributed by atoms with Crippen LogP contribution < -0.4 is 5.32 Å². The van der Waals surface area contributed by atoms with Gasteiger partial charge in [0.15, 0.2) is 0 Å². The number of carbonyl (C=O) groups is 2. The second-order valence-corrected chi connectivity index (χ2v) is 4.75. The number of hydrogen-bond donors (Lipinski definition) is 1. The van der Waals surface area contributed by atoms with Gasteiger partial charge in [0.25, 0.3) is 0 Å². The SMILES string of the molecule is CCNC(=O)N1CCN(C2CCCCC2)C1=O. The van der Waals surface area contributed by atoms with Crippen molar-refractivity contribution in [2.75, 3.05) is 19.6 Å². The lowest BCUT2D eigenvalue weighted by Gasteiger charge is -2.30. The highest BCUT2D eigenvalue weighted by Crippen LogP contribution is 2.25. The van der Waals surface area contributed by atoms with E-state index in [9.17, 15) is 9.59 Å². The molecule has 96 valence electrons. The highest BCUT2D eigenvalue weighted by molar-refractivity contribution is 5.95. The summed E-state index contributed by atoms with van der Waals surface area (Å²) in [5.74, 6) is 0. The minimum absolute atomic E-state index is 0.108. The van der Waals surface area contributed by atoms with Crippen LogP contribution in [0.25, 0.3) is 0 Å². The van der Waals surface area contributed by atoms with Crippen molar-refractivity contribution in [2.24, 2.45) is 0 Å². The van der Waals surface area contributed by atoms with Crippen molar-refractivity contribution in [3.05, 3.63) is 0 Å². The molecule has 17 heavy (non-hydrogen) atoms. The molecule has 1 heterocycles. The highest BCUT2D eigenvalue weighted by Gasteiger charge is 2.37. The summed E-state index contributed by atoms with van der Waals surface area (Å²) in [6.45, 7) is 3.64. The second-order valence-electron chi connectivity index (χ2n) is 4.75. The van der Waals surface area contributed by atoms with Crippen LogP contribution in [0.2, 0.25) is 0 Å². The minimum Gasteiger partial charge on any atom is -0.338 e. The number of nitrogens with zero attached hydrogens (tertiary/aromatic N) is 2. The first-order chi connectivity index (χ1) is 8.24. The fourth-order valence-electron chi connectivity index (χ4n) is 2.72. The van der Waals surface area contributed by atoms with Crippen LogP contribution >= 0.6 is 0 Å². The molecule has 0 bridgehead atoms. The Morgan fingerprint density at radius 1 is 1.29 bits per heavy atom. The third-order valence-electron chi connectivity index (χ3n) is 3.63. The van der Waals surface area contributed by atoms with Crippen molar-refractivity contribution in [1.29, 1.82) is 0 Å². The van der Waals surface area contributed by atoms with Crippen LogP contribution in [0.5, 0.6) is 0 Å². The van der Waals surface area contributed by atoms with E-state index in [1.165, 1.54) is 24.2 Å². The number of carbonyl (C=O) groups excluding carboxylic acids is 2. The topological polar surface area (TPSA) is 52.7 Å². The third kappa shape index (κ3) is 2.53. The first-order valence-corrected chi connectivity index (χ1v) is 6.60. The molecular weight excluding hydrogens is 218 g/mol. The lowest BCUT2D eigenvalue weighted by atomic mass is 9.94. The predicted molar refractivity (Wildman–Crippen MR) is 64.8 cm³/mol. The van der Waals surface area contributed by atoms with Gasteiger partial charge in [0, 0.05) is 25.7 Å². The van der Waals surface area contributed by atoms with Gasteiger partial charge in [-0.3, -0.25) is 0 Å². The average molecular weight is 239 g/mol. The molecule has 1 aliphatic heterocycles. The van der Waals surface area contributed by atoms with Crippen LogP contribution in [0.4, 0.5) is 9.59 Å². The summed E-state index contributed by atoms with van der Waals surface area (Å²) in [6, 6.07) is -0.00524. The van der Waals surface area contributed by atoms with Gasteiger partial charge in [-0.1, -0.05) is 19.3 Å². The average Bonchev–Trinajstić information content (AvgIpc) is 2.72. The molecule has 0 radical (unpaired) electrons. The number of nitrogens with one attached hydrogen (secondary N) is 1. The molecule has 0 aromatic carbocycles. The van der Waals surface area contributed by atoms with Crippen LogP contribution in [-0.4, -0.2) is 47.5 Å². The zero-order chi connectivity index (χ0) is 12.3. The molecule has 0 aromatic rings. The Hall–Kier alpha value is -1.26. The first kappa shape index (κ1) is 12.2. The highest BCUT2D eigenvalue weighted by atomic mass is 16.2. The molecule has 2 rings (SSSR count). The van der Waals surface area contributed by atoms with Gasteiger partial charge in [-0.05, 0) is 19.8 Å². The van der Waals surface area contributed by atoms with E-state index in [0.29, 0.717) is 25.7 Å². The molecule has 1 saturated carbocycles. The van der Waals surface area contributed by atoms with E-state index < -0.39 is 0 Å². The van der Waals surface area contributed by atoms with Crippen molar-refractivity contribution >= 4 is 12.1 Å². The molecule has 0 atom stereocenters. The molecule has 4 amide bonds. The van der Waals surface area contributed by atoms with Gasteiger partial charge >= 0.3 is 12.1 Å². The monoisotopic (exact) mass is 239 g/mol. The summed E-state index contributed by atoms with van der Waals surface area (Å²) in [5, 5.41) is 2.68. The largest absolute Gasteiger partial charge is 0.338 e. The Labute approximate surface area is 102 Å². The maximum atomic E-state index is 12.1. The second kappa shape index (κ2) is 5.38. The van der Waals surface area contributed by atoms with E-state index in [2.05, 4.69) is 5.32 Å². The summed E-state index contributed by atoms with van der Waals surface area (Å²) < 4.78 is 0. The Bertz CT molecular complexity index is 300. The van der Waals surface area contributed by atoms with Crippen LogP contribution in [-0.2, 0) is 0 Å². The fraction of sp³-hybridized carbons (Fsp3) is 0.833. The maximum absolute atomic E-state index is 12.1. The number of urea groups is 2. The van der Waals surface area contributed by atoms with Gasteiger partial charge in [0.05, 0.1) is 0 Å². The van der Waals surface area contributed by atoms with E-state index in [-0.39, 0.29) is 12.1 Å². The molecule has 1 saturated heterocycles.